The Morgan fingerprint density at radius 3 is 2.96 bits per heavy atom. The Hall–Kier alpha value is -2.40. The number of methoxy groups -OCH3 is 1. The van der Waals surface area contributed by atoms with Crippen LogP contribution in [-0.4, -0.2) is 40.1 Å². The second-order valence-electron chi connectivity index (χ2n) is 5.94. The number of hydrogen-bond donors (Lipinski definition) is 1. The van der Waals surface area contributed by atoms with E-state index in [-0.39, 0.29) is 0 Å². The minimum atomic E-state index is 0.863. The van der Waals surface area contributed by atoms with Crippen LogP contribution in [0.25, 0.3) is 11.2 Å². The number of ether oxygens (including phenoxy) is 1. The molecule has 2 aromatic heterocycles. The normalized spacial score (nSPS) is 15.3. The number of fused-ring (bicyclic) bond motifs is 2. The minimum absolute atomic E-state index is 0.863. The van der Waals surface area contributed by atoms with E-state index >= 15 is 0 Å². The molecule has 4 rings (SSSR count). The highest BCUT2D eigenvalue weighted by atomic mass is 16.5. The molecule has 1 aromatic carbocycles. The van der Waals surface area contributed by atoms with Crippen molar-refractivity contribution in [3.8, 4) is 5.75 Å². The molecule has 0 saturated carbocycles. The number of benzene rings is 1. The molecule has 0 bridgehead atoms. The van der Waals surface area contributed by atoms with Crippen LogP contribution in [-0.2, 0) is 19.4 Å². The summed E-state index contributed by atoms with van der Waals surface area (Å²) >= 11 is 0. The summed E-state index contributed by atoms with van der Waals surface area (Å²) in [6, 6.07) is 6.37. The Morgan fingerprint density at radius 1 is 1.17 bits per heavy atom. The quantitative estimate of drug-likeness (QED) is 0.808. The molecular weight excluding hydrogens is 288 g/mol. The number of hydrogen-bond acceptors (Lipinski definition) is 4. The third-order valence-electron chi connectivity index (χ3n) is 4.60. The maximum atomic E-state index is 5.53. The molecule has 1 aliphatic heterocycles. The molecular formula is C18H20N4O. The van der Waals surface area contributed by atoms with Gasteiger partial charge in [0, 0.05) is 43.8 Å². The standard InChI is InChI=1S/C18H20N4O/c1-23-16-4-2-3-13-5-9-22(10-6-15(13)16)12-14-11-21-18-17(14)19-7-8-20-18/h2-4,7-8,11H,5-6,9-10,12H2,1H3,(H,20,21). The molecule has 0 fully saturated rings. The Morgan fingerprint density at radius 2 is 2.04 bits per heavy atom. The smallest absolute Gasteiger partial charge is 0.156 e. The Labute approximate surface area is 135 Å². The predicted octanol–water partition coefficient (Wildman–Crippen LogP) is 2.57. The largest absolute Gasteiger partial charge is 0.496 e. The van der Waals surface area contributed by atoms with Gasteiger partial charge in [-0.1, -0.05) is 12.1 Å². The third-order valence-corrected chi connectivity index (χ3v) is 4.60. The van der Waals surface area contributed by atoms with Crippen molar-refractivity contribution in [1.82, 2.24) is 19.9 Å². The lowest BCUT2D eigenvalue weighted by atomic mass is 10.0. The molecule has 0 radical (unpaired) electrons. The number of nitrogens with one attached hydrogen (secondary N) is 1. The molecule has 3 aromatic rings. The fraction of sp³-hybridized carbons (Fsp3) is 0.333. The zero-order chi connectivity index (χ0) is 15.6. The van der Waals surface area contributed by atoms with Crippen LogP contribution in [0.3, 0.4) is 0 Å². The first kappa shape index (κ1) is 14.2. The lowest BCUT2D eigenvalue weighted by Gasteiger charge is -2.19. The third kappa shape index (κ3) is 2.68. The van der Waals surface area contributed by atoms with Gasteiger partial charge >= 0.3 is 0 Å². The van der Waals surface area contributed by atoms with Gasteiger partial charge in [0.15, 0.2) is 5.65 Å². The van der Waals surface area contributed by atoms with Crippen molar-refractivity contribution in [3.05, 3.63) is 53.5 Å². The van der Waals surface area contributed by atoms with Crippen LogP contribution in [0.4, 0.5) is 0 Å². The van der Waals surface area contributed by atoms with Crippen molar-refractivity contribution in [2.24, 2.45) is 0 Å². The van der Waals surface area contributed by atoms with Gasteiger partial charge in [0.05, 0.1) is 7.11 Å². The summed E-state index contributed by atoms with van der Waals surface area (Å²) in [4.78, 5) is 14.5. The zero-order valence-corrected chi connectivity index (χ0v) is 13.2. The van der Waals surface area contributed by atoms with Crippen molar-refractivity contribution in [1.29, 1.82) is 0 Å². The van der Waals surface area contributed by atoms with Gasteiger partial charge < -0.3 is 9.72 Å². The highest BCUT2D eigenvalue weighted by Crippen LogP contribution is 2.26. The molecule has 0 saturated heterocycles. The maximum Gasteiger partial charge on any atom is 0.156 e. The van der Waals surface area contributed by atoms with Gasteiger partial charge in [-0.3, -0.25) is 9.88 Å². The second-order valence-corrected chi connectivity index (χ2v) is 5.94. The van der Waals surface area contributed by atoms with Gasteiger partial charge in [0.1, 0.15) is 11.3 Å². The molecule has 1 N–H and O–H groups in total. The molecule has 0 spiro atoms. The van der Waals surface area contributed by atoms with E-state index in [1.165, 1.54) is 16.7 Å². The van der Waals surface area contributed by atoms with E-state index in [4.69, 9.17) is 4.74 Å². The molecule has 1 aliphatic rings. The van der Waals surface area contributed by atoms with Crippen molar-refractivity contribution in [3.63, 3.8) is 0 Å². The average molecular weight is 308 g/mol. The number of nitrogens with zero attached hydrogens (tertiary/aromatic N) is 3. The van der Waals surface area contributed by atoms with Crippen LogP contribution >= 0.6 is 0 Å². The molecule has 5 nitrogen and oxygen atoms in total. The number of H-pyrrole nitrogens is 1. The highest BCUT2D eigenvalue weighted by Gasteiger charge is 2.18. The Balaban J connectivity index is 1.54. The predicted molar refractivity (Wildman–Crippen MR) is 89.6 cm³/mol. The first-order chi connectivity index (χ1) is 11.3. The molecule has 118 valence electrons. The molecule has 0 unspecified atom stereocenters. The highest BCUT2D eigenvalue weighted by molar-refractivity contribution is 5.74. The topological polar surface area (TPSA) is 54.0 Å². The van der Waals surface area contributed by atoms with Crippen LogP contribution in [0.2, 0.25) is 0 Å². The van der Waals surface area contributed by atoms with Gasteiger partial charge in [-0.15, -0.1) is 0 Å². The van der Waals surface area contributed by atoms with Crippen LogP contribution in [0.5, 0.6) is 5.75 Å². The van der Waals surface area contributed by atoms with Gasteiger partial charge in [0.25, 0.3) is 0 Å². The fourth-order valence-electron chi connectivity index (χ4n) is 3.40. The van der Waals surface area contributed by atoms with E-state index in [0.29, 0.717) is 0 Å². The fourth-order valence-corrected chi connectivity index (χ4v) is 3.40. The van der Waals surface area contributed by atoms with Crippen molar-refractivity contribution in [2.45, 2.75) is 19.4 Å². The number of aromatic nitrogens is 3. The molecule has 0 amide bonds. The zero-order valence-electron chi connectivity index (χ0n) is 13.2. The van der Waals surface area contributed by atoms with Gasteiger partial charge in [-0.25, -0.2) is 4.98 Å². The molecule has 3 heterocycles. The van der Waals surface area contributed by atoms with Crippen molar-refractivity contribution in [2.75, 3.05) is 20.2 Å². The van der Waals surface area contributed by atoms with E-state index in [1.807, 2.05) is 6.20 Å². The number of rotatable bonds is 3. The lowest BCUT2D eigenvalue weighted by molar-refractivity contribution is 0.279. The van der Waals surface area contributed by atoms with Crippen molar-refractivity contribution >= 4 is 11.2 Å². The summed E-state index contributed by atoms with van der Waals surface area (Å²) in [7, 11) is 1.75. The summed E-state index contributed by atoms with van der Waals surface area (Å²) in [5, 5.41) is 0. The van der Waals surface area contributed by atoms with E-state index in [1.54, 1.807) is 19.5 Å². The second kappa shape index (κ2) is 6.01. The summed E-state index contributed by atoms with van der Waals surface area (Å²) in [6.07, 6.45) is 7.58. The monoisotopic (exact) mass is 308 g/mol. The minimum Gasteiger partial charge on any atom is -0.496 e. The van der Waals surface area contributed by atoms with E-state index in [0.717, 1.165) is 49.4 Å². The summed E-state index contributed by atoms with van der Waals surface area (Å²) in [5.74, 6) is 1.02. The van der Waals surface area contributed by atoms with Gasteiger partial charge in [-0.05, 0) is 30.0 Å². The van der Waals surface area contributed by atoms with Gasteiger partial charge in [-0.2, -0.15) is 0 Å². The first-order valence-corrected chi connectivity index (χ1v) is 7.99. The summed E-state index contributed by atoms with van der Waals surface area (Å²) in [5.41, 5.74) is 5.82. The van der Waals surface area contributed by atoms with Crippen LogP contribution < -0.4 is 4.74 Å². The summed E-state index contributed by atoms with van der Waals surface area (Å²) < 4.78 is 5.53. The van der Waals surface area contributed by atoms with E-state index < -0.39 is 0 Å². The first-order valence-electron chi connectivity index (χ1n) is 7.99. The average Bonchev–Trinajstić information content (AvgIpc) is 2.88. The van der Waals surface area contributed by atoms with Crippen LogP contribution in [0.1, 0.15) is 16.7 Å². The molecule has 23 heavy (non-hydrogen) atoms. The van der Waals surface area contributed by atoms with Crippen LogP contribution in [0, 0.1) is 0 Å². The SMILES string of the molecule is COc1cccc2c1CCN(Cc1c[nH]c3nccnc13)CC2. The maximum absolute atomic E-state index is 5.53. The van der Waals surface area contributed by atoms with Gasteiger partial charge in [0.2, 0.25) is 0 Å². The Kier molecular flexibility index (Phi) is 3.71. The van der Waals surface area contributed by atoms with Crippen molar-refractivity contribution < 1.29 is 4.74 Å². The Bertz CT molecular complexity index is 827. The summed E-state index contributed by atoms with van der Waals surface area (Å²) in [6.45, 7) is 2.97. The molecule has 0 aliphatic carbocycles. The van der Waals surface area contributed by atoms with E-state index in [9.17, 15) is 0 Å². The molecule has 0 atom stereocenters. The number of aromatic amines is 1. The molecule has 5 heteroatoms. The van der Waals surface area contributed by atoms with Crippen LogP contribution in [0.15, 0.2) is 36.8 Å². The van der Waals surface area contributed by atoms with E-state index in [2.05, 4.69) is 38.1 Å². The lowest BCUT2D eigenvalue weighted by Crippen LogP contribution is -2.25.